The third-order valence-corrected chi connectivity index (χ3v) is 12.9. The number of para-hydroxylation sites is 2. The third kappa shape index (κ3) is 12.4. The number of nitrogens with zero attached hydrogens (tertiary/aromatic N) is 2. The number of aliphatic hydroxyl groups excluding tert-OH is 2. The fourth-order valence-electron chi connectivity index (χ4n) is 7.57. The van der Waals surface area contributed by atoms with Gasteiger partial charge in [-0.2, -0.15) is 26.3 Å². The monoisotopic (exact) mass is 1040 g/mol. The lowest BCUT2D eigenvalue weighted by atomic mass is 10.0. The molecule has 70 heavy (non-hydrogen) atoms. The van der Waals surface area contributed by atoms with E-state index in [1.165, 1.54) is 83.1 Å². The van der Waals surface area contributed by atoms with Crippen LogP contribution < -0.4 is 38.2 Å². The SMILES string of the molecule is COc1ccc(C2COc3c(-c4cccc(OC(F)(F)F)c4)cccc3N2CC(O)C(F)(F)F)s1.COc1ccc(C2COc3c(-c4cccc(OC(F)(F)F)c4)cccc3N2CC(O)C(F)(F)F)s1. The fraction of sp³-hybridized carbons (Fsp3) is 0.304. The van der Waals surface area contributed by atoms with Gasteiger partial charge < -0.3 is 48.4 Å². The number of alkyl halides is 12. The molecule has 2 aromatic heterocycles. The molecule has 2 aliphatic heterocycles. The standard InChI is InChI=1S/2C23H19F6NO4S/c2*1-32-20-9-8-18(35-20)17-12-33-21-15(13-4-2-5-14(10-13)34-23(27,28)29)6-3-7-16(21)30(17)11-19(31)22(24,25)26/h2*2-10,17,19,31H,11-12H2,1H3. The van der Waals surface area contributed by atoms with Crippen LogP contribution in [0, 0.1) is 0 Å². The first-order valence-electron chi connectivity index (χ1n) is 20.5. The zero-order valence-electron chi connectivity index (χ0n) is 36.1. The molecule has 8 rings (SSSR count). The zero-order chi connectivity index (χ0) is 50.8. The summed E-state index contributed by atoms with van der Waals surface area (Å²) < 4.78 is 186. The highest BCUT2D eigenvalue weighted by Gasteiger charge is 2.44. The molecule has 0 fully saturated rings. The van der Waals surface area contributed by atoms with Crippen LogP contribution in [-0.4, -0.2) is 88.0 Å². The van der Waals surface area contributed by atoms with E-state index in [4.69, 9.17) is 18.9 Å². The van der Waals surface area contributed by atoms with Crippen molar-refractivity contribution in [3.8, 4) is 55.4 Å². The molecule has 10 nitrogen and oxygen atoms in total. The van der Waals surface area contributed by atoms with Crippen LogP contribution in [0.5, 0.6) is 33.1 Å². The lowest BCUT2D eigenvalue weighted by Crippen LogP contribution is -2.45. The highest BCUT2D eigenvalue weighted by atomic mass is 32.1. The van der Waals surface area contributed by atoms with E-state index in [-0.39, 0.29) is 36.1 Å². The Labute approximate surface area is 398 Å². The first-order valence-corrected chi connectivity index (χ1v) is 22.1. The number of aliphatic hydroxyl groups is 2. The Morgan fingerprint density at radius 1 is 0.543 bits per heavy atom. The molecule has 4 unspecified atom stereocenters. The Morgan fingerprint density at radius 3 is 1.24 bits per heavy atom. The lowest BCUT2D eigenvalue weighted by Gasteiger charge is -2.40. The molecule has 2 N–H and O–H groups in total. The summed E-state index contributed by atoms with van der Waals surface area (Å²) in [5.74, 6) is -0.524. The van der Waals surface area contributed by atoms with E-state index in [2.05, 4.69) is 9.47 Å². The van der Waals surface area contributed by atoms with E-state index in [0.717, 1.165) is 24.3 Å². The summed E-state index contributed by atoms with van der Waals surface area (Å²) in [5, 5.41) is 20.8. The number of β-amino-alcohol motifs (C(OH)–C–C–N with tert-alkyl or cyclic N) is 2. The average molecular weight is 1040 g/mol. The molecule has 4 atom stereocenters. The first kappa shape index (κ1) is 51.6. The van der Waals surface area contributed by atoms with Crippen molar-refractivity contribution >= 4 is 34.0 Å². The Morgan fingerprint density at radius 2 is 0.914 bits per heavy atom. The van der Waals surface area contributed by atoms with Crippen LogP contribution in [0.15, 0.2) is 109 Å². The van der Waals surface area contributed by atoms with E-state index >= 15 is 0 Å². The lowest BCUT2D eigenvalue weighted by molar-refractivity contribution is -0.275. The van der Waals surface area contributed by atoms with E-state index in [0.29, 0.717) is 42.1 Å². The van der Waals surface area contributed by atoms with Gasteiger partial charge in [0.25, 0.3) is 0 Å². The van der Waals surface area contributed by atoms with Gasteiger partial charge in [-0.3, -0.25) is 0 Å². The second-order valence-corrected chi connectivity index (χ2v) is 17.4. The van der Waals surface area contributed by atoms with Gasteiger partial charge in [0, 0.05) is 20.9 Å². The summed E-state index contributed by atoms with van der Waals surface area (Å²) >= 11 is 2.46. The Kier molecular flexibility index (Phi) is 15.2. The zero-order valence-corrected chi connectivity index (χ0v) is 37.8. The molecule has 24 heteroatoms. The van der Waals surface area contributed by atoms with Crippen LogP contribution in [0.1, 0.15) is 21.8 Å². The van der Waals surface area contributed by atoms with Gasteiger partial charge in [0.1, 0.15) is 24.7 Å². The van der Waals surface area contributed by atoms with Gasteiger partial charge in [0.15, 0.2) is 33.8 Å². The summed E-state index contributed by atoms with van der Waals surface area (Å²) in [5.41, 5.74) is 1.88. The summed E-state index contributed by atoms with van der Waals surface area (Å²) in [6, 6.07) is 25.2. The van der Waals surface area contributed by atoms with Gasteiger partial charge in [0.2, 0.25) is 0 Å². The minimum absolute atomic E-state index is 0.0585. The minimum Gasteiger partial charge on any atom is -0.488 e. The molecule has 0 radical (unpaired) electrons. The maximum absolute atomic E-state index is 13.3. The van der Waals surface area contributed by atoms with Crippen LogP contribution in [-0.2, 0) is 0 Å². The number of benzene rings is 4. The molecule has 2 aliphatic rings. The Bertz CT molecular complexity index is 2540. The molecule has 0 saturated carbocycles. The highest BCUT2D eigenvalue weighted by Crippen LogP contribution is 2.50. The number of fused-ring (bicyclic) bond motifs is 2. The van der Waals surface area contributed by atoms with Crippen molar-refractivity contribution in [2.75, 3.05) is 50.3 Å². The number of thiophene rings is 2. The van der Waals surface area contributed by atoms with Gasteiger partial charge in [0.05, 0.1) is 50.8 Å². The van der Waals surface area contributed by atoms with Crippen molar-refractivity contribution in [2.24, 2.45) is 0 Å². The number of anilines is 2. The largest absolute Gasteiger partial charge is 0.573 e. The number of hydrogen-bond acceptors (Lipinski definition) is 12. The number of ether oxygens (including phenoxy) is 6. The van der Waals surface area contributed by atoms with Crippen LogP contribution in [0.2, 0.25) is 0 Å². The molecule has 4 heterocycles. The van der Waals surface area contributed by atoms with Gasteiger partial charge in [-0.25, -0.2) is 0 Å². The van der Waals surface area contributed by atoms with E-state index in [1.807, 2.05) is 0 Å². The molecule has 0 bridgehead atoms. The molecule has 4 aromatic carbocycles. The topological polar surface area (TPSA) is 102 Å². The number of rotatable bonds is 12. The van der Waals surface area contributed by atoms with Crippen LogP contribution >= 0.6 is 22.7 Å². The molecule has 0 saturated heterocycles. The maximum atomic E-state index is 13.3. The van der Waals surface area contributed by atoms with Crippen LogP contribution in [0.25, 0.3) is 22.3 Å². The van der Waals surface area contributed by atoms with Crippen molar-refractivity contribution in [3.05, 3.63) is 119 Å². The Hall–Kier alpha value is -6.24. The second kappa shape index (κ2) is 20.6. The molecule has 6 aromatic rings. The first-order chi connectivity index (χ1) is 32.9. The number of hydrogen-bond donors (Lipinski definition) is 2. The van der Waals surface area contributed by atoms with Crippen molar-refractivity contribution in [1.29, 1.82) is 0 Å². The summed E-state index contributed by atoms with van der Waals surface area (Å²) in [7, 11) is 2.94. The number of methoxy groups -OCH3 is 2. The van der Waals surface area contributed by atoms with Gasteiger partial charge in [-0.1, -0.05) is 48.5 Å². The summed E-state index contributed by atoms with van der Waals surface area (Å²) in [6.07, 6.45) is -24.7. The van der Waals surface area contributed by atoms with E-state index in [1.54, 1.807) is 48.5 Å². The molecular formula is C46H38F12N2O8S2. The van der Waals surface area contributed by atoms with Gasteiger partial charge in [-0.15, -0.1) is 49.0 Å². The normalized spacial score (nSPS) is 16.9. The average Bonchev–Trinajstić information content (AvgIpc) is 3.98. The van der Waals surface area contributed by atoms with E-state index < -0.39 is 74.0 Å². The predicted octanol–water partition coefficient (Wildman–Crippen LogP) is 12.4. The molecule has 0 aliphatic carbocycles. The van der Waals surface area contributed by atoms with Gasteiger partial charge >= 0.3 is 25.1 Å². The maximum Gasteiger partial charge on any atom is 0.573 e. The summed E-state index contributed by atoms with van der Waals surface area (Å²) in [6.45, 7) is -1.66. The molecule has 0 amide bonds. The quantitative estimate of drug-likeness (QED) is 0.115. The molecular weight excluding hydrogens is 1000 g/mol. The van der Waals surface area contributed by atoms with Crippen molar-refractivity contribution < 1.29 is 91.3 Å². The van der Waals surface area contributed by atoms with Crippen molar-refractivity contribution in [3.63, 3.8) is 0 Å². The van der Waals surface area contributed by atoms with Crippen LogP contribution in [0.3, 0.4) is 0 Å². The smallest absolute Gasteiger partial charge is 0.488 e. The second-order valence-electron chi connectivity index (χ2n) is 15.3. The fourth-order valence-corrected chi connectivity index (χ4v) is 9.41. The molecule has 0 spiro atoms. The van der Waals surface area contributed by atoms with Gasteiger partial charge in [-0.05, 0) is 71.8 Å². The van der Waals surface area contributed by atoms with E-state index in [9.17, 15) is 62.9 Å². The third-order valence-electron chi connectivity index (χ3n) is 10.6. The van der Waals surface area contributed by atoms with Crippen molar-refractivity contribution in [2.45, 2.75) is 49.4 Å². The predicted molar refractivity (Wildman–Crippen MR) is 234 cm³/mol. The van der Waals surface area contributed by atoms with Crippen molar-refractivity contribution in [1.82, 2.24) is 0 Å². The highest BCUT2D eigenvalue weighted by molar-refractivity contribution is 7.14. The van der Waals surface area contributed by atoms with Crippen LogP contribution in [0.4, 0.5) is 64.1 Å². The Balaban J connectivity index is 0.000000206. The number of halogens is 12. The molecule has 376 valence electrons. The summed E-state index contributed by atoms with van der Waals surface area (Å²) in [4.78, 5) is 4.10. The minimum atomic E-state index is -4.88.